The van der Waals surface area contributed by atoms with Crippen molar-refractivity contribution >= 4 is 5.91 Å². The van der Waals surface area contributed by atoms with Crippen LogP contribution in [0.3, 0.4) is 0 Å². The van der Waals surface area contributed by atoms with Gasteiger partial charge >= 0.3 is 0 Å². The lowest BCUT2D eigenvalue weighted by Gasteiger charge is -2.34. The molecular weight excluding hydrogens is 420 g/mol. The summed E-state index contributed by atoms with van der Waals surface area (Å²) in [4.78, 5) is 17.6. The Morgan fingerprint density at radius 3 is 2.39 bits per heavy atom. The summed E-state index contributed by atoms with van der Waals surface area (Å²) < 4.78 is 12.7. The third-order valence-corrected chi connectivity index (χ3v) is 5.91. The van der Waals surface area contributed by atoms with Gasteiger partial charge in [0, 0.05) is 44.5 Å². The molecule has 0 saturated carbocycles. The lowest BCUT2D eigenvalue weighted by molar-refractivity contribution is 0.0615. The number of hydrogen-bond donors (Lipinski definition) is 1. The Kier molecular flexibility index (Phi) is 7.26. The zero-order valence-corrected chi connectivity index (χ0v) is 19.1. The second-order valence-corrected chi connectivity index (χ2v) is 8.00. The highest BCUT2D eigenvalue weighted by atomic mass is 16.5. The van der Waals surface area contributed by atoms with Crippen LogP contribution in [0.4, 0.5) is 0 Å². The van der Waals surface area contributed by atoms with Gasteiger partial charge in [0.1, 0.15) is 5.69 Å². The summed E-state index contributed by atoms with van der Waals surface area (Å²) in [5, 5.41) is 14.0. The second kappa shape index (κ2) is 10.5. The highest BCUT2D eigenvalue weighted by Crippen LogP contribution is 2.33. The summed E-state index contributed by atoms with van der Waals surface area (Å²) >= 11 is 0. The maximum Gasteiger partial charge on any atom is 0.257 e. The van der Waals surface area contributed by atoms with Gasteiger partial charge in [-0.1, -0.05) is 30.3 Å². The predicted octanol–water partition coefficient (Wildman–Crippen LogP) is 2.37. The number of ether oxygens (including phenoxy) is 2. The SMILES string of the molecule is COc1ccc(-c2nn(Cc3ccccc3)cc2C(=O)N2CCN(CCO)CC2)cc1OC. The first-order chi connectivity index (χ1) is 16.1. The molecule has 0 radical (unpaired) electrons. The molecule has 0 aliphatic carbocycles. The molecule has 33 heavy (non-hydrogen) atoms. The minimum absolute atomic E-state index is 0.0391. The summed E-state index contributed by atoms with van der Waals surface area (Å²) in [6.07, 6.45) is 1.83. The topological polar surface area (TPSA) is 80.1 Å². The number of amides is 1. The molecule has 1 N–H and O–H groups in total. The van der Waals surface area contributed by atoms with Gasteiger partial charge in [0.25, 0.3) is 5.91 Å². The van der Waals surface area contributed by atoms with Crippen LogP contribution >= 0.6 is 0 Å². The fourth-order valence-electron chi connectivity index (χ4n) is 4.11. The summed E-state index contributed by atoms with van der Waals surface area (Å²) in [7, 11) is 3.19. The van der Waals surface area contributed by atoms with E-state index in [-0.39, 0.29) is 12.5 Å². The molecule has 0 spiro atoms. The average Bonchev–Trinajstić information content (AvgIpc) is 3.28. The molecule has 1 aromatic heterocycles. The van der Waals surface area contributed by atoms with E-state index in [4.69, 9.17) is 14.6 Å². The summed E-state index contributed by atoms with van der Waals surface area (Å²) in [6, 6.07) is 15.6. The van der Waals surface area contributed by atoms with Crippen LogP contribution in [0.1, 0.15) is 15.9 Å². The molecule has 3 aromatic rings. The maximum absolute atomic E-state index is 13.6. The number of aliphatic hydroxyl groups is 1. The first-order valence-corrected chi connectivity index (χ1v) is 11.1. The van der Waals surface area contributed by atoms with Gasteiger partial charge in [0.15, 0.2) is 11.5 Å². The van der Waals surface area contributed by atoms with Crippen molar-refractivity contribution in [1.82, 2.24) is 19.6 Å². The number of β-amino-alcohol motifs (C(OH)–C–C–N with tert-alkyl or cyclic N) is 1. The van der Waals surface area contributed by atoms with Gasteiger partial charge in [0.05, 0.1) is 32.9 Å². The largest absolute Gasteiger partial charge is 0.493 e. The molecule has 0 bridgehead atoms. The van der Waals surface area contributed by atoms with E-state index in [0.29, 0.717) is 48.9 Å². The summed E-state index contributed by atoms with van der Waals surface area (Å²) in [5.74, 6) is 1.17. The zero-order chi connectivity index (χ0) is 23.2. The van der Waals surface area contributed by atoms with Gasteiger partial charge in [-0.15, -0.1) is 0 Å². The average molecular weight is 451 g/mol. The van der Waals surface area contributed by atoms with Gasteiger partial charge in [-0.05, 0) is 23.8 Å². The fraction of sp³-hybridized carbons (Fsp3) is 0.360. The Labute approximate surface area is 193 Å². The van der Waals surface area contributed by atoms with Crippen molar-refractivity contribution in [1.29, 1.82) is 0 Å². The Bertz CT molecular complexity index is 1080. The zero-order valence-electron chi connectivity index (χ0n) is 19.1. The first kappa shape index (κ1) is 22.8. The summed E-state index contributed by atoms with van der Waals surface area (Å²) in [5.41, 5.74) is 3.08. The lowest BCUT2D eigenvalue weighted by Crippen LogP contribution is -2.49. The van der Waals surface area contributed by atoms with Gasteiger partial charge in [0.2, 0.25) is 0 Å². The number of benzene rings is 2. The van der Waals surface area contributed by atoms with E-state index in [1.165, 1.54) is 0 Å². The Hall–Kier alpha value is -3.36. The molecular formula is C25H30N4O4. The number of methoxy groups -OCH3 is 2. The Morgan fingerprint density at radius 2 is 1.73 bits per heavy atom. The van der Waals surface area contributed by atoms with Crippen molar-refractivity contribution in [2.24, 2.45) is 0 Å². The van der Waals surface area contributed by atoms with Crippen LogP contribution in [-0.4, -0.2) is 84.1 Å². The first-order valence-electron chi connectivity index (χ1n) is 11.1. The fourth-order valence-corrected chi connectivity index (χ4v) is 4.11. The minimum atomic E-state index is -0.0391. The normalized spacial score (nSPS) is 14.3. The third kappa shape index (κ3) is 5.18. The molecule has 1 aliphatic rings. The molecule has 4 rings (SSSR count). The molecule has 2 aromatic carbocycles. The number of carbonyl (C=O) groups excluding carboxylic acids is 1. The highest BCUT2D eigenvalue weighted by molar-refractivity contribution is 6.00. The van der Waals surface area contributed by atoms with E-state index in [1.807, 2.05) is 64.3 Å². The number of aromatic nitrogens is 2. The van der Waals surface area contributed by atoms with Crippen LogP contribution in [0.15, 0.2) is 54.7 Å². The highest BCUT2D eigenvalue weighted by Gasteiger charge is 2.26. The van der Waals surface area contributed by atoms with Crippen molar-refractivity contribution in [2.75, 3.05) is 53.6 Å². The Balaban J connectivity index is 1.66. The van der Waals surface area contributed by atoms with Crippen molar-refractivity contribution < 1.29 is 19.4 Å². The van der Waals surface area contributed by atoms with E-state index in [2.05, 4.69) is 4.90 Å². The second-order valence-electron chi connectivity index (χ2n) is 8.00. The van der Waals surface area contributed by atoms with Crippen LogP contribution in [0.25, 0.3) is 11.3 Å². The van der Waals surface area contributed by atoms with Crippen LogP contribution in [0, 0.1) is 0 Å². The van der Waals surface area contributed by atoms with Crippen LogP contribution < -0.4 is 9.47 Å². The number of aliphatic hydroxyl groups excluding tert-OH is 1. The molecule has 8 heteroatoms. The molecule has 2 heterocycles. The number of rotatable bonds is 8. The monoisotopic (exact) mass is 450 g/mol. The third-order valence-electron chi connectivity index (χ3n) is 5.91. The number of carbonyl (C=O) groups is 1. The van der Waals surface area contributed by atoms with Gasteiger partial charge in [-0.2, -0.15) is 5.10 Å². The number of hydrogen-bond acceptors (Lipinski definition) is 6. The van der Waals surface area contributed by atoms with Crippen LogP contribution in [-0.2, 0) is 6.54 Å². The van der Waals surface area contributed by atoms with E-state index in [9.17, 15) is 9.90 Å². The van der Waals surface area contributed by atoms with Crippen molar-refractivity contribution in [3.05, 3.63) is 65.9 Å². The van der Waals surface area contributed by atoms with E-state index >= 15 is 0 Å². The van der Waals surface area contributed by atoms with Gasteiger partial charge in [-0.25, -0.2) is 0 Å². The number of piperazine rings is 1. The van der Waals surface area contributed by atoms with Crippen molar-refractivity contribution in [2.45, 2.75) is 6.54 Å². The van der Waals surface area contributed by atoms with Gasteiger partial charge < -0.3 is 19.5 Å². The molecule has 8 nitrogen and oxygen atoms in total. The van der Waals surface area contributed by atoms with Crippen LogP contribution in [0.2, 0.25) is 0 Å². The number of nitrogens with zero attached hydrogens (tertiary/aromatic N) is 4. The predicted molar refractivity (Wildman–Crippen MR) is 126 cm³/mol. The van der Waals surface area contributed by atoms with Crippen molar-refractivity contribution in [3.8, 4) is 22.8 Å². The smallest absolute Gasteiger partial charge is 0.257 e. The maximum atomic E-state index is 13.6. The van der Waals surface area contributed by atoms with E-state index in [0.717, 1.165) is 24.2 Å². The lowest BCUT2D eigenvalue weighted by atomic mass is 10.1. The molecule has 0 atom stereocenters. The molecule has 1 fully saturated rings. The Morgan fingerprint density at radius 1 is 1.00 bits per heavy atom. The summed E-state index contributed by atoms with van der Waals surface area (Å²) in [6.45, 7) is 4.06. The molecule has 1 saturated heterocycles. The standard InChI is InChI=1S/C25H30N4O4/c1-32-22-9-8-20(16-23(22)33-2)24-21(18-29(26-24)17-19-6-4-3-5-7-19)25(31)28-12-10-27(11-13-28)14-15-30/h3-9,16,18,30H,10-15,17H2,1-2H3. The molecule has 0 unspecified atom stereocenters. The molecule has 174 valence electrons. The minimum Gasteiger partial charge on any atom is -0.493 e. The van der Waals surface area contributed by atoms with E-state index < -0.39 is 0 Å². The van der Waals surface area contributed by atoms with Crippen LogP contribution in [0.5, 0.6) is 11.5 Å². The molecule has 1 amide bonds. The van der Waals surface area contributed by atoms with E-state index in [1.54, 1.807) is 14.2 Å². The van der Waals surface area contributed by atoms with Gasteiger partial charge in [-0.3, -0.25) is 14.4 Å². The quantitative estimate of drug-likeness (QED) is 0.568. The molecule has 1 aliphatic heterocycles. The van der Waals surface area contributed by atoms with Crippen molar-refractivity contribution in [3.63, 3.8) is 0 Å².